The molecule has 7 nitrogen and oxygen atoms in total. The smallest absolute Gasteiger partial charge is 0.325 e. The van der Waals surface area contributed by atoms with Crippen molar-refractivity contribution in [3.8, 4) is 5.88 Å². The molecule has 0 fully saturated rings. The molecule has 0 saturated carbocycles. The SMILES string of the molecule is COC(=O)CN(C)C(=O)c1cc2n(n1)CCCO2. The molecular formula is C11H15N3O4. The Kier molecular flexibility index (Phi) is 3.50. The highest BCUT2D eigenvalue weighted by Crippen LogP contribution is 2.18. The molecule has 7 heteroatoms. The second kappa shape index (κ2) is 5.07. The summed E-state index contributed by atoms with van der Waals surface area (Å²) >= 11 is 0. The number of rotatable bonds is 3. The first-order valence-corrected chi connectivity index (χ1v) is 5.64. The lowest BCUT2D eigenvalue weighted by molar-refractivity contribution is -0.141. The summed E-state index contributed by atoms with van der Waals surface area (Å²) < 4.78 is 11.5. The van der Waals surface area contributed by atoms with E-state index in [0.29, 0.717) is 12.5 Å². The van der Waals surface area contributed by atoms with Gasteiger partial charge in [-0.15, -0.1) is 0 Å². The summed E-state index contributed by atoms with van der Waals surface area (Å²) in [4.78, 5) is 24.4. The van der Waals surface area contributed by atoms with Gasteiger partial charge in [-0.05, 0) is 0 Å². The summed E-state index contributed by atoms with van der Waals surface area (Å²) in [6.07, 6.45) is 0.875. The van der Waals surface area contributed by atoms with Gasteiger partial charge in [0, 0.05) is 26.1 Å². The number of carbonyl (C=O) groups is 2. The molecule has 2 heterocycles. The third kappa shape index (κ3) is 2.44. The van der Waals surface area contributed by atoms with Gasteiger partial charge in [-0.3, -0.25) is 9.59 Å². The Hall–Kier alpha value is -2.05. The topological polar surface area (TPSA) is 73.7 Å². The van der Waals surface area contributed by atoms with Gasteiger partial charge in [0.15, 0.2) is 5.69 Å². The van der Waals surface area contributed by atoms with Crippen LogP contribution in [0.25, 0.3) is 0 Å². The van der Waals surface area contributed by atoms with E-state index in [2.05, 4.69) is 9.84 Å². The number of likely N-dealkylation sites (N-methyl/N-ethyl adjacent to an activating group) is 1. The van der Waals surface area contributed by atoms with Gasteiger partial charge in [-0.25, -0.2) is 4.68 Å². The minimum Gasteiger partial charge on any atom is -0.478 e. The van der Waals surface area contributed by atoms with Gasteiger partial charge in [0.25, 0.3) is 5.91 Å². The van der Waals surface area contributed by atoms with E-state index in [9.17, 15) is 9.59 Å². The molecule has 1 aliphatic heterocycles. The van der Waals surface area contributed by atoms with Crippen molar-refractivity contribution < 1.29 is 19.1 Å². The number of fused-ring (bicyclic) bond motifs is 1. The summed E-state index contributed by atoms with van der Waals surface area (Å²) in [6, 6.07) is 1.59. The molecule has 1 aromatic heterocycles. The molecule has 2 rings (SSSR count). The van der Waals surface area contributed by atoms with E-state index in [-0.39, 0.29) is 18.1 Å². The van der Waals surface area contributed by atoms with Crippen molar-refractivity contribution in [2.75, 3.05) is 27.3 Å². The third-order valence-electron chi connectivity index (χ3n) is 2.67. The molecule has 1 aromatic rings. The number of methoxy groups -OCH3 is 1. The molecule has 18 heavy (non-hydrogen) atoms. The minimum atomic E-state index is -0.467. The Morgan fingerprint density at radius 3 is 3.06 bits per heavy atom. The zero-order valence-corrected chi connectivity index (χ0v) is 10.4. The quantitative estimate of drug-likeness (QED) is 0.704. The number of amides is 1. The van der Waals surface area contributed by atoms with E-state index in [4.69, 9.17) is 4.74 Å². The van der Waals surface area contributed by atoms with E-state index in [1.54, 1.807) is 10.7 Å². The molecule has 1 amide bonds. The van der Waals surface area contributed by atoms with Crippen molar-refractivity contribution in [2.24, 2.45) is 0 Å². The average Bonchev–Trinajstić information content (AvgIpc) is 2.81. The van der Waals surface area contributed by atoms with E-state index in [1.165, 1.54) is 19.1 Å². The number of aryl methyl sites for hydroxylation is 1. The maximum Gasteiger partial charge on any atom is 0.325 e. The van der Waals surface area contributed by atoms with Crippen LogP contribution in [0.5, 0.6) is 5.88 Å². The van der Waals surface area contributed by atoms with E-state index in [1.807, 2.05) is 0 Å². The van der Waals surface area contributed by atoms with Gasteiger partial charge < -0.3 is 14.4 Å². The maximum atomic E-state index is 12.0. The predicted octanol–water partition coefficient (Wildman–Crippen LogP) is -0.0894. The van der Waals surface area contributed by atoms with Crippen LogP contribution in [-0.4, -0.2) is 53.9 Å². The molecule has 0 spiro atoms. The maximum absolute atomic E-state index is 12.0. The van der Waals surface area contributed by atoms with Gasteiger partial charge in [0.05, 0.1) is 13.7 Å². The first-order valence-electron chi connectivity index (χ1n) is 5.64. The molecule has 0 bridgehead atoms. The van der Waals surface area contributed by atoms with Gasteiger partial charge >= 0.3 is 5.97 Å². The molecule has 1 aliphatic rings. The molecular weight excluding hydrogens is 238 g/mol. The Morgan fingerprint density at radius 1 is 1.61 bits per heavy atom. The van der Waals surface area contributed by atoms with E-state index >= 15 is 0 Å². The average molecular weight is 253 g/mol. The molecule has 0 unspecified atom stereocenters. The predicted molar refractivity (Wildman–Crippen MR) is 61.3 cm³/mol. The first-order chi connectivity index (χ1) is 8.61. The lowest BCUT2D eigenvalue weighted by Gasteiger charge is -2.14. The second-order valence-electron chi connectivity index (χ2n) is 4.03. The lowest BCUT2D eigenvalue weighted by Crippen LogP contribution is -2.33. The van der Waals surface area contributed by atoms with Crippen molar-refractivity contribution >= 4 is 11.9 Å². The number of hydrogen-bond donors (Lipinski definition) is 0. The molecule has 0 saturated heterocycles. The second-order valence-corrected chi connectivity index (χ2v) is 4.03. The summed E-state index contributed by atoms with van der Waals surface area (Å²) in [6.45, 7) is 1.28. The molecule has 98 valence electrons. The molecule has 0 radical (unpaired) electrons. The Morgan fingerprint density at radius 2 is 2.39 bits per heavy atom. The normalized spacial score (nSPS) is 13.4. The number of ether oxygens (including phenoxy) is 2. The monoisotopic (exact) mass is 253 g/mol. The highest BCUT2D eigenvalue weighted by molar-refractivity contribution is 5.94. The number of hydrogen-bond acceptors (Lipinski definition) is 5. The van der Waals surface area contributed by atoms with Gasteiger partial charge in [0.1, 0.15) is 6.54 Å². The van der Waals surface area contributed by atoms with Crippen LogP contribution in [0, 0.1) is 0 Å². The Labute approximate surface area is 104 Å². The van der Waals surface area contributed by atoms with Gasteiger partial charge in [-0.2, -0.15) is 5.10 Å². The van der Waals surface area contributed by atoms with Crippen LogP contribution in [0.3, 0.4) is 0 Å². The van der Waals surface area contributed by atoms with Crippen LogP contribution >= 0.6 is 0 Å². The van der Waals surface area contributed by atoms with Crippen molar-refractivity contribution in [3.63, 3.8) is 0 Å². The summed E-state index contributed by atoms with van der Waals surface area (Å²) in [5.74, 6) is -0.201. The zero-order valence-electron chi connectivity index (χ0n) is 10.4. The van der Waals surface area contributed by atoms with Crippen molar-refractivity contribution in [2.45, 2.75) is 13.0 Å². The third-order valence-corrected chi connectivity index (χ3v) is 2.67. The summed E-state index contributed by atoms with van der Waals surface area (Å²) in [5.41, 5.74) is 0.276. The van der Waals surface area contributed by atoms with Gasteiger partial charge in [-0.1, -0.05) is 0 Å². The highest BCUT2D eigenvalue weighted by Gasteiger charge is 2.21. The molecule has 0 aromatic carbocycles. The van der Waals surface area contributed by atoms with Crippen LogP contribution in [0.2, 0.25) is 0 Å². The van der Waals surface area contributed by atoms with Crippen LogP contribution in [0.4, 0.5) is 0 Å². The standard InChI is InChI=1S/C11H15N3O4/c1-13(7-10(15)17-2)11(16)8-6-9-14(12-8)4-3-5-18-9/h6H,3-5,7H2,1-2H3. The van der Waals surface area contributed by atoms with Crippen molar-refractivity contribution in [1.82, 2.24) is 14.7 Å². The largest absolute Gasteiger partial charge is 0.478 e. The molecule has 0 atom stereocenters. The first kappa shape index (κ1) is 12.4. The number of esters is 1. The Balaban J connectivity index is 2.08. The fourth-order valence-corrected chi connectivity index (χ4v) is 1.70. The van der Waals surface area contributed by atoms with E-state index < -0.39 is 5.97 Å². The van der Waals surface area contributed by atoms with Crippen molar-refractivity contribution in [1.29, 1.82) is 0 Å². The number of carbonyl (C=O) groups excluding carboxylic acids is 2. The lowest BCUT2D eigenvalue weighted by atomic mass is 10.3. The Bertz CT molecular complexity index is 445. The van der Waals surface area contributed by atoms with Crippen molar-refractivity contribution in [3.05, 3.63) is 11.8 Å². The highest BCUT2D eigenvalue weighted by atomic mass is 16.5. The van der Waals surface area contributed by atoms with E-state index in [0.717, 1.165) is 13.0 Å². The van der Waals surface area contributed by atoms with Crippen LogP contribution in [-0.2, 0) is 16.1 Å². The fourth-order valence-electron chi connectivity index (χ4n) is 1.70. The number of nitrogens with zero attached hydrogens (tertiary/aromatic N) is 3. The van der Waals surface area contributed by atoms with Crippen LogP contribution < -0.4 is 4.74 Å². The number of aromatic nitrogens is 2. The summed E-state index contributed by atoms with van der Waals surface area (Å²) in [5, 5.41) is 4.15. The minimum absolute atomic E-state index is 0.0988. The molecule has 0 aliphatic carbocycles. The zero-order chi connectivity index (χ0) is 13.1. The summed E-state index contributed by atoms with van der Waals surface area (Å²) in [7, 11) is 2.81. The van der Waals surface area contributed by atoms with Crippen LogP contribution in [0.1, 0.15) is 16.9 Å². The fraction of sp³-hybridized carbons (Fsp3) is 0.545. The van der Waals surface area contributed by atoms with Crippen LogP contribution in [0.15, 0.2) is 6.07 Å². The van der Waals surface area contributed by atoms with Gasteiger partial charge in [0.2, 0.25) is 5.88 Å². The molecule has 0 N–H and O–H groups in total.